The Morgan fingerprint density at radius 1 is 1.32 bits per heavy atom. The van der Waals surface area contributed by atoms with E-state index < -0.39 is 5.97 Å². The van der Waals surface area contributed by atoms with Gasteiger partial charge in [-0.3, -0.25) is 0 Å². The molecule has 0 radical (unpaired) electrons. The van der Waals surface area contributed by atoms with Crippen LogP contribution in [-0.2, 0) is 0 Å². The van der Waals surface area contributed by atoms with Crippen molar-refractivity contribution in [1.29, 1.82) is 0 Å². The van der Waals surface area contributed by atoms with Gasteiger partial charge in [-0.25, -0.2) is 9.78 Å². The number of hydrogen-bond donors (Lipinski definition) is 2. The van der Waals surface area contributed by atoms with Gasteiger partial charge in [-0.15, -0.1) is 0 Å². The number of anilines is 1. The number of benzene rings is 1. The van der Waals surface area contributed by atoms with Gasteiger partial charge in [-0.2, -0.15) is 0 Å². The van der Waals surface area contributed by atoms with E-state index in [9.17, 15) is 4.79 Å². The zero-order chi connectivity index (χ0) is 13.8. The first kappa shape index (κ1) is 12.9. The number of methoxy groups -OCH3 is 1. The van der Waals surface area contributed by atoms with E-state index in [0.717, 1.165) is 11.3 Å². The molecule has 1 aromatic heterocycles. The highest BCUT2D eigenvalue weighted by Gasteiger charge is 2.12. The minimum atomic E-state index is -1.01. The molecule has 2 rings (SSSR count). The first-order chi connectivity index (χ1) is 9.15. The molecule has 0 saturated carbocycles. The first-order valence-electron chi connectivity index (χ1n) is 5.72. The highest BCUT2D eigenvalue weighted by Crippen LogP contribution is 2.24. The van der Waals surface area contributed by atoms with Gasteiger partial charge >= 0.3 is 5.97 Å². The Kier molecular flexibility index (Phi) is 3.66. The predicted molar refractivity (Wildman–Crippen MR) is 72.7 cm³/mol. The average molecular weight is 258 g/mol. The fourth-order valence-corrected chi connectivity index (χ4v) is 1.77. The Morgan fingerprint density at radius 2 is 2.11 bits per heavy atom. The van der Waals surface area contributed by atoms with Crippen LogP contribution in [-0.4, -0.2) is 30.2 Å². The zero-order valence-electron chi connectivity index (χ0n) is 10.7. The van der Waals surface area contributed by atoms with E-state index in [2.05, 4.69) is 10.3 Å². The molecule has 0 amide bonds. The Hall–Kier alpha value is -2.56. The molecule has 0 saturated heterocycles. The van der Waals surface area contributed by atoms with E-state index in [0.29, 0.717) is 11.5 Å². The zero-order valence-corrected chi connectivity index (χ0v) is 10.7. The molecule has 19 heavy (non-hydrogen) atoms. The lowest BCUT2D eigenvalue weighted by Crippen LogP contribution is -2.05. The van der Waals surface area contributed by atoms with Crippen LogP contribution in [0.5, 0.6) is 5.75 Å². The maximum Gasteiger partial charge on any atom is 0.339 e. The van der Waals surface area contributed by atoms with Crippen LogP contribution in [0.1, 0.15) is 10.4 Å². The Balaban J connectivity index is 2.48. The van der Waals surface area contributed by atoms with Gasteiger partial charge in [0.15, 0.2) is 0 Å². The molecule has 0 aliphatic carbocycles. The summed E-state index contributed by atoms with van der Waals surface area (Å²) in [6.07, 6.45) is 0. The second kappa shape index (κ2) is 5.39. The molecule has 5 heteroatoms. The van der Waals surface area contributed by atoms with Crippen LogP contribution >= 0.6 is 0 Å². The molecule has 0 fully saturated rings. The summed E-state index contributed by atoms with van der Waals surface area (Å²) in [5.74, 6) is 0.0643. The smallest absolute Gasteiger partial charge is 0.339 e. The molecule has 0 bridgehead atoms. The second-order valence-corrected chi connectivity index (χ2v) is 3.88. The molecule has 2 N–H and O–H groups in total. The van der Waals surface area contributed by atoms with Gasteiger partial charge in [0.2, 0.25) is 0 Å². The number of carbonyl (C=O) groups is 1. The van der Waals surface area contributed by atoms with Crippen molar-refractivity contribution in [1.82, 2.24) is 4.98 Å². The number of aromatic nitrogens is 1. The molecule has 0 aliphatic heterocycles. The summed E-state index contributed by atoms with van der Waals surface area (Å²) in [6, 6.07) is 10.7. The lowest BCUT2D eigenvalue weighted by atomic mass is 10.1. The van der Waals surface area contributed by atoms with E-state index in [1.807, 2.05) is 24.3 Å². The normalized spacial score (nSPS) is 10.0. The number of rotatable bonds is 4. The van der Waals surface area contributed by atoms with Gasteiger partial charge in [0.1, 0.15) is 17.1 Å². The maximum absolute atomic E-state index is 11.0. The number of nitrogens with one attached hydrogen (secondary N) is 1. The number of nitrogens with zero attached hydrogens (tertiary/aromatic N) is 1. The molecule has 0 aliphatic rings. The molecule has 0 atom stereocenters. The van der Waals surface area contributed by atoms with Crippen molar-refractivity contribution in [2.24, 2.45) is 0 Å². The van der Waals surface area contributed by atoms with Gasteiger partial charge in [0.25, 0.3) is 0 Å². The largest absolute Gasteiger partial charge is 0.497 e. The van der Waals surface area contributed by atoms with Crippen molar-refractivity contribution in [3.05, 3.63) is 42.0 Å². The van der Waals surface area contributed by atoms with Crippen molar-refractivity contribution in [3.8, 4) is 17.0 Å². The number of pyridine rings is 1. The van der Waals surface area contributed by atoms with E-state index >= 15 is 0 Å². The van der Waals surface area contributed by atoms with Crippen molar-refractivity contribution < 1.29 is 14.6 Å². The van der Waals surface area contributed by atoms with Crippen LogP contribution in [0.4, 0.5) is 5.82 Å². The fraction of sp³-hybridized carbons (Fsp3) is 0.143. The van der Waals surface area contributed by atoms with Crippen LogP contribution in [0.3, 0.4) is 0 Å². The number of aromatic carboxylic acids is 1. The van der Waals surface area contributed by atoms with E-state index in [4.69, 9.17) is 9.84 Å². The molecular weight excluding hydrogens is 244 g/mol. The Bertz CT molecular complexity index is 611. The minimum Gasteiger partial charge on any atom is -0.497 e. The van der Waals surface area contributed by atoms with Gasteiger partial charge in [0.05, 0.1) is 12.8 Å². The van der Waals surface area contributed by atoms with Crippen LogP contribution in [0.2, 0.25) is 0 Å². The van der Waals surface area contributed by atoms with Crippen LogP contribution in [0.25, 0.3) is 11.3 Å². The standard InChI is InChI=1S/C14H14N2O3/c1-15-13-11(14(17)18)6-7-12(16-13)9-4-3-5-10(8-9)19-2/h3-8H,1-2H3,(H,15,16)(H,17,18). The van der Waals surface area contributed by atoms with Gasteiger partial charge < -0.3 is 15.2 Å². The van der Waals surface area contributed by atoms with Crippen molar-refractivity contribution in [3.63, 3.8) is 0 Å². The number of carboxylic acid groups (broad SMARTS) is 1. The molecule has 0 unspecified atom stereocenters. The molecule has 0 spiro atoms. The molecule has 98 valence electrons. The summed E-state index contributed by atoms with van der Waals surface area (Å²) >= 11 is 0. The minimum absolute atomic E-state index is 0.147. The fourth-order valence-electron chi connectivity index (χ4n) is 1.77. The third-order valence-electron chi connectivity index (χ3n) is 2.73. The topological polar surface area (TPSA) is 71.5 Å². The average Bonchev–Trinajstić information content (AvgIpc) is 2.46. The van der Waals surface area contributed by atoms with Crippen LogP contribution in [0, 0.1) is 0 Å². The summed E-state index contributed by atoms with van der Waals surface area (Å²) in [5.41, 5.74) is 1.70. The third kappa shape index (κ3) is 2.65. The molecule has 2 aromatic rings. The summed E-state index contributed by atoms with van der Waals surface area (Å²) in [6.45, 7) is 0. The van der Waals surface area contributed by atoms with E-state index in [-0.39, 0.29) is 5.56 Å². The van der Waals surface area contributed by atoms with Gasteiger partial charge in [-0.05, 0) is 24.3 Å². The highest BCUT2D eigenvalue weighted by molar-refractivity contribution is 5.93. The molecule has 1 aromatic carbocycles. The molecule has 1 heterocycles. The number of carboxylic acids is 1. The third-order valence-corrected chi connectivity index (χ3v) is 2.73. The summed E-state index contributed by atoms with van der Waals surface area (Å²) < 4.78 is 5.16. The van der Waals surface area contributed by atoms with Gasteiger partial charge in [0, 0.05) is 12.6 Å². The molecule has 5 nitrogen and oxygen atoms in total. The van der Waals surface area contributed by atoms with Crippen LogP contribution < -0.4 is 10.1 Å². The van der Waals surface area contributed by atoms with E-state index in [1.165, 1.54) is 6.07 Å². The van der Waals surface area contributed by atoms with Crippen molar-refractivity contribution in [2.45, 2.75) is 0 Å². The number of hydrogen-bond acceptors (Lipinski definition) is 4. The lowest BCUT2D eigenvalue weighted by molar-refractivity contribution is 0.0697. The molecular formula is C14H14N2O3. The Morgan fingerprint density at radius 3 is 2.74 bits per heavy atom. The lowest BCUT2D eigenvalue weighted by Gasteiger charge is -2.08. The monoisotopic (exact) mass is 258 g/mol. The maximum atomic E-state index is 11.0. The summed E-state index contributed by atoms with van der Waals surface area (Å²) in [4.78, 5) is 15.3. The van der Waals surface area contributed by atoms with Crippen LogP contribution in [0.15, 0.2) is 36.4 Å². The first-order valence-corrected chi connectivity index (χ1v) is 5.72. The van der Waals surface area contributed by atoms with Crippen molar-refractivity contribution >= 4 is 11.8 Å². The SMILES string of the molecule is CNc1nc(-c2cccc(OC)c2)ccc1C(=O)O. The van der Waals surface area contributed by atoms with Crippen molar-refractivity contribution in [2.75, 3.05) is 19.5 Å². The highest BCUT2D eigenvalue weighted by atomic mass is 16.5. The summed E-state index contributed by atoms with van der Waals surface area (Å²) in [5, 5.41) is 11.8. The second-order valence-electron chi connectivity index (χ2n) is 3.88. The number of ether oxygens (including phenoxy) is 1. The van der Waals surface area contributed by atoms with E-state index in [1.54, 1.807) is 20.2 Å². The van der Waals surface area contributed by atoms with Gasteiger partial charge in [-0.1, -0.05) is 12.1 Å². The predicted octanol–water partition coefficient (Wildman–Crippen LogP) is 2.50. The quantitative estimate of drug-likeness (QED) is 0.881. The summed E-state index contributed by atoms with van der Waals surface area (Å²) in [7, 11) is 3.24. The Labute approximate surface area is 110 Å².